The Morgan fingerprint density at radius 3 is 2.52 bits per heavy atom. The van der Waals surface area contributed by atoms with Gasteiger partial charge in [-0.3, -0.25) is 4.90 Å². The molecule has 0 bridgehead atoms. The zero-order chi connectivity index (χ0) is 17.4. The lowest BCUT2D eigenvalue weighted by atomic mass is 9.83. The molecule has 0 spiro atoms. The highest BCUT2D eigenvalue weighted by Gasteiger charge is 2.40. The standard InChI is InChI=1S/C20H22FNO3/c21-15-6-7-18-16(12-15)19(23)17(13-25-18)22-10-8-20(24,9-11-22)14-4-2-1-3-5-14/h1-7,12,17,19,23-24H,8-11,13H2. The molecule has 0 amide bonds. The number of ether oxygens (including phenoxy) is 1. The lowest BCUT2D eigenvalue weighted by molar-refractivity contribution is -0.0665. The molecule has 0 radical (unpaired) electrons. The molecule has 2 heterocycles. The largest absolute Gasteiger partial charge is 0.491 e. The van der Waals surface area contributed by atoms with Gasteiger partial charge in [0.05, 0.1) is 11.6 Å². The van der Waals surface area contributed by atoms with E-state index in [2.05, 4.69) is 4.90 Å². The Balaban J connectivity index is 1.48. The molecule has 2 atom stereocenters. The average Bonchev–Trinajstić information content (AvgIpc) is 2.64. The molecule has 0 saturated carbocycles. The summed E-state index contributed by atoms with van der Waals surface area (Å²) in [6.07, 6.45) is 0.398. The molecule has 2 aliphatic rings. The molecule has 4 nitrogen and oxygen atoms in total. The Bertz CT molecular complexity index is 744. The Labute approximate surface area is 146 Å². The highest BCUT2D eigenvalue weighted by atomic mass is 19.1. The van der Waals surface area contributed by atoms with E-state index in [1.807, 2.05) is 30.3 Å². The van der Waals surface area contributed by atoms with Gasteiger partial charge in [0, 0.05) is 18.7 Å². The second-order valence-corrected chi connectivity index (χ2v) is 6.94. The van der Waals surface area contributed by atoms with E-state index in [1.54, 1.807) is 6.07 Å². The van der Waals surface area contributed by atoms with Crippen LogP contribution in [0.3, 0.4) is 0 Å². The summed E-state index contributed by atoms with van der Waals surface area (Å²) in [5.74, 6) is 0.169. The van der Waals surface area contributed by atoms with Gasteiger partial charge in [0.15, 0.2) is 0 Å². The van der Waals surface area contributed by atoms with Crippen molar-refractivity contribution in [2.75, 3.05) is 19.7 Å². The number of nitrogens with zero attached hydrogens (tertiary/aromatic N) is 1. The van der Waals surface area contributed by atoms with Crippen LogP contribution in [0.4, 0.5) is 4.39 Å². The molecule has 0 aliphatic carbocycles. The highest BCUT2D eigenvalue weighted by molar-refractivity contribution is 5.38. The molecule has 1 fully saturated rings. The summed E-state index contributed by atoms with van der Waals surface area (Å²) in [6.45, 7) is 1.67. The van der Waals surface area contributed by atoms with E-state index in [9.17, 15) is 14.6 Å². The fraction of sp³-hybridized carbons (Fsp3) is 0.400. The number of aliphatic hydroxyl groups excluding tert-OH is 1. The molecule has 2 aromatic rings. The van der Waals surface area contributed by atoms with E-state index < -0.39 is 11.7 Å². The zero-order valence-electron chi connectivity index (χ0n) is 13.9. The molecular formula is C20H22FNO3. The summed E-state index contributed by atoms with van der Waals surface area (Å²) in [5.41, 5.74) is 0.602. The van der Waals surface area contributed by atoms with Gasteiger partial charge in [-0.05, 0) is 36.6 Å². The predicted octanol–water partition coefficient (Wildman–Crippen LogP) is 2.60. The van der Waals surface area contributed by atoms with Crippen LogP contribution in [-0.4, -0.2) is 40.9 Å². The Morgan fingerprint density at radius 2 is 1.80 bits per heavy atom. The summed E-state index contributed by atoms with van der Waals surface area (Å²) in [6, 6.07) is 13.7. The second-order valence-electron chi connectivity index (χ2n) is 6.94. The monoisotopic (exact) mass is 343 g/mol. The van der Waals surface area contributed by atoms with Crippen molar-refractivity contribution in [3.8, 4) is 5.75 Å². The molecule has 2 N–H and O–H groups in total. The van der Waals surface area contributed by atoms with Crippen molar-refractivity contribution in [3.05, 3.63) is 65.5 Å². The van der Waals surface area contributed by atoms with Crippen LogP contribution in [0.25, 0.3) is 0 Å². The van der Waals surface area contributed by atoms with Crippen LogP contribution in [0.5, 0.6) is 5.75 Å². The first-order chi connectivity index (χ1) is 12.1. The number of hydrogen-bond acceptors (Lipinski definition) is 4. The smallest absolute Gasteiger partial charge is 0.125 e. The SMILES string of the molecule is OC1c2cc(F)ccc2OCC1N1CCC(O)(c2ccccc2)CC1. The van der Waals surface area contributed by atoms with Crippen LogP contribution < -0.4 is 4.74 Å². The van der Waals surface area contributed by atoms with Gasteiger partial charge in [0.1, 0.15) is 24.3 Å². The van der Waals surface area contributed by atoms with Crippen molar-refractivity contribution in [1.82, 2.24) is 4.90 Å². The number of hydrogen-bond donors (Lipinski definition) is 2. The van der Waals surface area contributed by atoms with E-state index in [1.165, 1.54) is 12.1 Å². The van der Waals surface area contributed by atoms with Gasteiger partial charge in [-0.1, -0.05) is 30.3 Å². The second kappa shape index (κ2) is 6.41. The average molecular weight is 343 g/mol. The first-order valence-corrected chi connectivity index (χ1v) is 8.69. The lowest BCUT2D eigenvalue weighted by Crippen LogP contribution is -2.52. The van der Waals surface area contributed by atoms with Gasteiger partial charge in [-0.25, -0.2) is 4.39 Å². The normalized spacial score (nSPS) is 25.9. The molecule has 132 valence electrons. The Hall–Kier alpha value is -1.95. The third-order valence-electron chi connectivity index (χ3n) is 5.47. The summed E-state index contributed by atoms with van der Waals surface area (Å²) < 4.78 is 19.2. The maximum atomic E-state index is 13.5. The molecule has 2 aromatic carbocycles. The van der Waals surface area contributed by atoms with Crippen molar-refractivity contribution < 1.29 is 19.3 Å². The van der Waals surface area contributed by atoms with Crippen molar-refractivity contribution in [2.45, 2.75) is 30.6 Å². The van der Waals surface area contributed by atoms with Crippen molar-refractivity contribution >= 4 is 0 Å². The zero-order valence-corrected chi connectivity index (χ0v) is 13.9. The molecule has 2 aliphatic heterocycles. The molecule has 4 rings (SSSR count). The number of likely N-dealkylation sites (tertiary alicyclic amines) is 1. The highest BCUT2D eigenvalue weighted by Crippen LogP contribution is 2.38. The van der Waals surface area contributed by atoms with Gasteiger partial charge >= 0.3 is 0 Å². The van der Waals surface area contributed by atoms with Crippen LogP contribution in [-0.2, 0) is 5.60 Å². The minimum atomic E-state index is -0.831. The number of piperidine rings is 1. The summed E-state index contributed by atoms with van der Waals surface area (Å²) in [4.78, 5) is 2.13. The quantitative estimate of drug-likeness (QED) is 0.880. The number of halogens is 1. The molecule has 25 heavy (non-hydrogen) atoms. The number of fused-ring (bicyclic) bond motifs is 1. The minimum Gasteiger partial charge on any atom is -0.491 e. The lowest BCUT2D eigenvalue weighted by Gasteiger charge is -2.44. The maximum Gasteiger partial charge on any atom is 0.125 e. The first-order valence-electron chi connectivity index (χ1n) is 8.69. The van der Waals surface area contributed by atoms with Crippen LogP contribution in [0.1, 0.15) is 30.1 Å². The number of benzene rings is 2. The fourth-order valence-corrected chi connectivity index (χ4v) is 3.92. The van der Waals surface area contributed by atoms with Crippen LogP contribution in [0.2, 0.25) is 0 Å². The molecule has 5 heteroatoms. The summed E-state index contributed by atoms with van der Waals surface area (Å²) in [5, 5.41) is 21.6. The van der Waals surface area contributed by atoms with Crippen LogP contribution in [0.15, 0.2) is 48.5 Å². The van der Waals surface area contributed by atoms with Crippen LogP contribution >= 0.6 is 0 Å². The van der Waals surface area contributed by atoms with Gasteiger partial charge < -0.3 is 14.9 Å². The van der Waals surface area contributed by atoms with Crippen LogP contribution in [0, 0.1) is 5.82 Å². The minimum absolute atomic E-state index is 0.227. The number of rotatable bonds is 2. The molecule has 2 unspecified atom stereocenters. The third kappa shape index (κ3) is 3.03. The third-order valence-corrected chi connectivity index (χ3v) is 5.47. The van der Waals surface area contributed by atoms with Crippen molar-refractivity contribution in [2.24, 2.45) is 0 Å². The van der Waals surface area contributed by atoms with E-state index in [0.717, 1.165) is 5.56 Å². The van der Waals surface area contributed by atoms with E-state index >= 15 is 0 Å². The van der Waals surface area contributed by atoms with Crippen molar-refractivity contribution in [3.63, 3.8) is 0 Å². The summed E-state index contributed by atoms with van der Waals surface area (Å²) >= 11 is 0. The fourth-order valence-electron chi connectivity index (χ4n) is 3.92. The Kier molecular flexibility index (Phi) is 4.23. The first kappa shape index (κ1) is 16.5. The van der Waals surface area contributed by atoms with Gasteiger partial charge in [0.2, 0.25) is 0 Å². The topological polar surface area (TPSA) is 52.9 Å². The van der Waals surface area contributed by atoms with Gasteiger partial charge in [-0.2, -0.15) is 0 Å². The summed E-state index contributed by atoms with van der Waals surface area (Å²) in [7, 11) is 0. The molecule has 0 aromatic heterocycles. The Morgan fingerprint density at radius 1 is 1.08 bits per heavy atom. The number of aliphatic hydroxyl groups is 2. The van der Waals surface area contributed by atoms with Crippen molar-refractivity contribution in [1.29, 1.82) is 0 Å². The molecule has 1 saturated heterocycles. The predicted molar refractivity (Wildman–Crippen MR) is 91.8 cm³/mol. The van der Waals surface area contributed by atoms with E-state index in [-0.39, 0.29) is 11.9 Å². The van der Waals surface area contributed by atoms with E-state index in [0.29, 0.717) is 43.9 Å². The van der Waals surface area contributed by atoms with Gasteiger partial charge in [-0.15, -0.1) is 0 Å². The van der Waals surface area contributed by atoms with Gasteiger partial charge in [0.25, 0.3) is 0 Å². The molecular weight excluding hydrogens is 321 g/mol. The maximum absolute atomic E-state index is 13.5. The van der Waals surface area contributed by atoms with E-state index in [4.69, 9.17) is 4.74 Å².